The summed E-state index contributed by atoms with van der Waals surface area (Å²) in [6.07, 6.45) is -1.35. The molecule has 0 fully saturated rings. The van der Waals surface area contributed by atoms with Crippen molar-refractivity contribution in [2.45, 2.75) is 13.0 Å². The molecule has 0 saturated heterocycles. The van der Waals surface area contributed by atoms with Gasteiger partial charge in [-0.05, 0) is 5.56 Å². The number of benzene rings is 1. The monoisotopic (exact) mass is 223 g/mol. The lowest BCUT2D eigenvalue weighted by atomic mass is 10.2. The van der Waals surface area contributed by atoms with Crippen molar-refractivity contribution >= 4 is 5.69 Å². The Bertz CT molecular complexity index is 465. The highest BCUT2D eigenvalue weighted by Gasteiger charge is 2.18. The normalized spacial score (nSPS) is 10.9. The van der Waals surface area contributed by atoms with Crippen molar-refractivity contribution in [1.29, 1.82) is 0 Å². The molecule has 0 aliphatic rings. The number of nitrogens with zero attached hydrogens (tertiary/aromatic N) is 2. The van der Waals surface area contributed by atoms with Crippen LogP contribution in [0.5, 0.6) is 0 Å². The number of hydrogen-bond donors (Lipinski definition) is 1. The molecule has 5 heteroatoms. The molecule has 3 nitrogen and oxygen atoms in total. The molecule has 84 valence electrons. The molecule has 2 rings (SSSR count). The van der Waals surface area contributed by atoms with Gasteiger partial charge in [-0.1, -0.05) is 30.3 Å². The van der Waals surface area contributed by atoms with Crippen LogP contribution < -0.4 is 5.73 Å². The minimum Gasteiger partial charge on any atom is -0.396 e. The predicted octanol–water partition coefficient (Wildman–Crippen LogP) is 2.45. The van der Waals surface area contributed by atoms with Gasteiger partial charge in [0.15, 0.2) is 0 Å². The summed E-state index contributed by atoms with van der Waals surface area (Å²) in [4.78, 5) is 0. The molecule has 0 bridgehead atoms. The number of halogens is 2. The Balaban J connectivity index is 2.29. The van der Waals surface area contributed by atoms with E-state index in [4.69, 9.17) is 5.73 Å². The highest BCUT2D eigenvalue weighted by atomic mass is 19.3. The van der Waals surface area contributed by atoms with Crippen LogP contribution in [0.4, 0.5) is 14.5 Å². The Hall–Kier alpha value is -1.91. The second-order valence-electron chi connectivity index (χ2n) is 3.43. The summed E-state index contributed by atoms with van der Waals surface area (Å²) >= 11 is 0. The average molecular weight is 223 g/mol. The molecule has 0 saturated carbocycles. The molecular weight excluding hydrogens is 212 g/mol. The lowest BCUT2D eigenvalue weighted by molar-refractivity contribution is 0.140. The number of rotatable bonds is 3. The number of anilines is 1. The van der Waals surface area contributed by atoms with Crippen molar-refractivity contribution in [3.05, 3.63) is 47.8 Å². The maximum Gasteiger partial charge on any atom is 0.282 e. The lowest BCUT2D eigenvalue weighted by Gasteiger charge is -2.07. The first-order valence-electron chi connectivity index (χ1n) is 4.81. The molecule has 1 aromatic heterocycles. The van der Waals surface area contributed by atoms with Crippen LogP contribution >= 0.6 is 0 Å². The summed E-state index contributed by atoms with van der Waals surface area (Å²) in [5, 5.41) is 3.84. The van der Waals surface area contributed by atoms with E-state index >= 15 is 0 Å². The van der Waals surface area contributed by atoms with Gasteiger partial charge in [0.05, 0.1) is 18.4 Å². The van der Waals surface area contributed by atoms with Gasteiger partial charge < -0.3 is 5.73 Å². The van der Waals surface area contributed by atoms with Crippen LogP contribution in [0.2, 0.25) is 0 Å². The molecular formula is C11H11F2N3. The summed E-state index contributed by atoms with van der Waals surface area (Å²) in [6, 6.07) is 9.28. The van der Waals surface area contributed by atoms with Crippen LogP contribution in [-0.4, -0.2) is 9.78 Å². The standard InChI is InChI=1S/C11H11F2N3/c12-11(13)10-9(14)6-15-16(10)7-8-4-2-1-3-5-8/h1-6,11H,7,14H2. The topological polar surface area (TPSA) is 43.8 Å². The third-order valence-corrected chi connectivity index (χ3v) is 2.29. The molecule has 1 aromatic carbocycles. The van der Waals surface area contributed by atoms with Gasteiger partial charge in [-0.25, -0.2) is 8.78 Å². The second kappa shape index (κ2) is 4.30. The van der Waals surface area contributed by atoms with Crippen LogP contribution in [0.25, 0.3) is 0 Å². The zero-order valence-corrected chi connectivity index (χ0v) is 8.48. The predicted molar refractivity (Wildman–Crippen MR) is 57.1 cm³/mol. The van der Waals surface area contributed by atoms with Gasteiger partial charge in [0.2, 0.25) is 0 Å². The van der Waals surface area contributed by atoms with E-state index in [2.05, 4.69) is 5.10 Å². The Morgan fingerprint density at radius 2 is 1.94 bits per heavy atom. The van der Waals surface area contributed by atoms with Crippen LogP contribution in [-0.2, 0) is 6.54 Å². The van der Waals surface area contributed by atoms with Gasteiger partial charge in [0.1, 0.15) is 5.69 Å². The average Bonchev–Trinajstić information content (AvgIpc) is 2.61. The molecule has 0 spiro atoms. The van der Waals surface area contributed by atoms with Crippen molar-refractivity contribution in [2.24, 2.45) is 0 Å². The Kier molecular flexibility index (Phi) is 2.85. The number of alkyl halides is 2. The molecule has 0 unspecified atom stereocenters. The molecule has 16 heavy (non-hydrogen) atoms. The molecule has 0 radical (unpaired) electrons. The molecule has 1 heterocycles. The molecule has 0 aliphatic heterocycles. The van der Waals surface area contributed by atoms with Gasteiger partial charge in [0.25, 0.3) is 6.43 Å². The third kappa shape index (κ3) is 2.03. The van der Waals surface area contributed by atoms with E-state index in [-0.39, 0.29) is 11.4 Å². The van der Waals surface area contributed by atoms with E-state index in [1.807, 2.05) is 30.3 Å². The van der Waals surface area contributed by atoms with E-state index in [0.29, 0.717) is 6.54 Å². The van der Waals surface area contributed by atoms with Gasteiger partial charge >= 0.3 is 0 Å². The Labute approximate surface area is 91.5 Å². The van der Waals surface area contributed by atoms with E-state index in [0.717, 1.165) is 5.56 Å². The number of nitrogen functional groups attached to an aromatic ring is 1. The maximum absolute atomic E-state index is 12.7. The zero-order valence-electron chi connectivity index (χ0n) is 8.48. The van der Waals surface area contributed by atoms with Gasteiger partial charge in [-0.2, -0.15) is 5.10 Å². The number of aromatic nitrogens is 2. The van der Waals surface area contributed by atoms with E-state index in [1.54, 1.807) is 0 Å². The summed E-state index contributed by atoms with van der Waals surface area (Å²) < 4.78 is 26.6. The highest BCUT2D eigenvalue weighted by Crippen LogP contribution is 2.24. The quantitative estimate of drug-likeness (QED) is 0.868. The van der Waals surface area contributed by atoms with Gasteiger partial charge in [0, 0.05) is 0 Å². The SMILES string of the molecule is Nc1cnn(Cc2ccccc2)c1C(F)F. The first-order valence-corrected chi connectivity index (χ1v) is 4.81. The van der Waals surface area contributed by atoms with Crippen molar-refractivity contribution in [3.8, 4) is 0 Å². The van der Waals surface area contributed by atoms with E-state index < -0.39 is 6.43 Å². The maximum atomic E-state index is 12.7. The van der Waals surface area contributed by atoms with Crippen LogP contribution in [0.15, 0.2) is 36.5 Å². The Morgan fingerprint density at radius 1 is 1.25 bits per heavy atom. The minimum absolute atomic E-state index is 0.0333. The summed E-state index contributed by atoms with van der Waals surface area (Å²) in [6.45, 7) is 0.303. The van der Waals surface area contributed by atoms with Crippen LogP contribution in [0.3, 0.4) is 0 Å². The van der Waals surface area contributed by atoms with Crippen molar-refractivity contribution < 1.29 is 8.78 Å². The molecule has 2 N–H and O–H groups in total. The number of nitrogens with two attached hydrogens (primary N) is 1. The lowest BCUT2D eigenvalue weighted by Crippen LogP contribution is -2.07. The summed E-state index contributed by atoms with van der Waals surface area (Å²) in [5.74, 6) is 0. The first kappa shape index (κ1) is 10.6. The second-order valence-corrected chi connectivity index (χ2v) is 3.43. The van der Waals surface area contributed by atoms with Crippen molar-refractivity contribution in [2.75, 3.05) is 5.73 Å². The Morgan fingerprint density at radius 3 is 2.56 bits per heavy atom. The largest absolute Gasteiger partial charge is 0.396 e. The molecule has 0 aliphatic carbocycles. The highest BCUT2D eigenvalue weighted by molar-refractivity contribution is 5.41. The smallest absolute Gasteiger partial charge is 0.282 e. The summed E-state index contributed by atoms with van der Waals surface area (Å²) in [5.41, 5.74) is 6.16. The number of hydrogen-bond acceptors (Lipinski definition) is 2. The minimum atomic E-state index is -2.61. The van der Waals surface area contributed by atoms with Crippen molar-refractivity contribution in [3.63, 3.8) is 0 Å². The van der Waals surface area contributed by atoms with Gasteiger partial charge in [-0.3, -0.25) is 4.68 Å². The molecule has 0 atom stereocenters. The van der Waals surface area contributed by atoms with E-state index in [9.17, 15) is 8.78 Å². The van der Waals surface area contributed by atoms with Crippen molar-refractivity contribution in [1.82, 2.24) is 9.78 Å². The molecule has 2 aromatic rings. The van der Waals surface area contributed by atoms with Gasteiger partial charge in [-0.15, -0.1) is 0 Å². The van der Waals surface area contributed by atoms with Crippen LogP contribution in [0.1, 0.15) is 17.7 Å². The van der Waals surface area contributed by atoms with E-state index in [1.165, 1.54) is 10.9 Å². The first-order chi connectivity index (χ1) is 7.68. The fraction of sp³-hybridized carbons (Fsp3) is 0.182. The fourth-order valence-electron chi connectivity index (χ4n) is 1.53. The zero-order chi connectivity index (χ0) is 11.5. The molecule has 0 amide bonds. The fourth-order valence-corrected chi connectivity index (χ4v) is 1.53. The van der Waals surface area contributed by atoms with Crippen LogP contribution in [0, 0.1) is 0 Å². The summed E-state index contributed by atoms with van der Waals surface area (Å²) in [7, 11) is 0. The third-order valence-electron chi connectivity index (χ3n) is 2.29.